The van der Waals surface area contributed by atoms with E-state index in [2.05, 4.69) is 41.4 Å². The third-order valence-corrected chi connectivity index (χ3v) is 2.64. The van der Waals surface area contributed by atoms with E-state index in [1.54, 1.807) is 6.20 Å². The maximum atomic E-state index is 4.30. The lowest BCUT2D eigenvalue weighted by Crippen LogP contribution is -2.07. The SMILES string of the molecule is CCCNc1ccc(-c2ccnn2C(C)C)nn1. The average Bonchev–Trinajstić information content (AvgIpc) is 2.86. The zero-order valence-electron chi connectivity index (χ0n) is 11.1. The molecular weight excluding hydrogens is 226 g/mol. The summed E-state index contributed by atoms with van der Waals surface area (Å²) in [6, 6.07) is 6.20. The zero-order chi connectivity index (χ0) is 13.0. The van der Waals surface area contributed by atoms with Crippen molar-refractivity contribution >= 4 is 5.82 Å². The summed E-state index contributed by atoms with van der Waals surface area (Å²) in [6.45, 7) is 7.23. The molecule has 0 bridgehead atoms. The number of hydrogen-bond donors (Lipinski definition) is 1. The maximum Gasteiger partial charge on any atom is 0.148 e. The van der Waals surface area contributed by atoms with E-state index in [0.717, 1.165) is 30.2 Å². The second-order valence-corrected chi connectivity index (χ2v) is 4.49. The van der Waals surface area contributed by atoms with Crippen LogP contribution in [0.5, 0.6) is 0 Å². The van der Waals surface area contributed by atoms with E-state index in [1.165, 1.54) is 0 Å². The van der Waals surface area contributed by atoms with Gasteiger partial charge in [0.25, 0.3) is 0 Å². The zero-order valence-corrected chi connectivity index (χ0v) is 11.1. The third kappa shape index (κ3) is 2.67. The lowest BCUT2D eigenvalue weighted by molar-refractivity contribution is 0.537. The first kappa shape index (κ1) is 12.5. The monoisotopic (exact) mass is 245 g/mol. The second-order valence-electron chi connectivity index (χ2n) is 4.49. The lowest BCUT2D eigenvalue weighted by Gasteiger charge is -2.10. The van der Waals surface area contributed by atoms with Gasteiger partial charge < -0.3 is 5.32 Å². The lowest BCUT2D eigenvalue weighted by atomic mass is 10.2. The first-order valence-electron chi connectivity index (χ1n) is 6.34. The summed E-state index contributed by atoms with van der Waals surface area (Å²) in [5.74, 6) is 0.816. The van der Waals surface area contributed by atoms with Gasteiger partial charge in [0, 0.05) is 18.8 Å². The van der Waals surface area contributed by atoms with Crippen molar-refractivity contribution in [3.8, 4) is 11.4 Å². The molecule has 0 atom stereocenters. The van der Waals surface area contributed by atoms with E-state index in [1.807, 2.05) is 22.9 Å². The van der Waals surface area contributed by atoms with Crippen molar-refractivity contribution in [3.63, 3.8) is 0 Å². The molecule has 1 N–H and O–H groups in total. The van der Waals surface area contributed by atoms with Gasteiger partial charge in [-0.15, -0.1) is 10.2 Å². The smallest absolute Gasteiger partial charge is 0.148 e. The number of hydrogen-bond acceptors (Lipinski definition) is 4. The highest BCUT2D eigenvalue weighted by molar-refractivity contribution is 5.55. The van der Waals surface area contributed by atoms with Crippen LogP contribution in [0.4, 0.5) is 5.82 Å². The van der Waals surface area contributed by atoms with Crippen LogP contribution in [0.1, 0.15) is 33.2 Å². The summed E-state index contributed by atoms with van der Waals surface area (Å²) < 4.78 is 1.95. The second kappa shape index (κ2) is 5.62. The van der Waals surface area contributed by atoms with Gasteiger partial charge in [-0.2, -0.15) is 5.10 Å². The molecule has 0 amide bonds. The first-order valence-corrected chi connectivity index (χ1v) is 6.34. The molecule has 0 saturated carbocycles. The van der Waals surface area contributed by atoms with Crippen molar-refractivity contribution in [2.45, 2.75) is 33.2 Å². The Morgan fingerprint density at radius 1 is 1.22 bits per heavy atom. The van der Waals surface area contributed by atoms with E-state index in [0.29, 0.717) is 6.04 Å². The molecule has 0 saturated heterocycles. The molecule has 2 aromatic heterocycles. The topological polar surface area (TPSA) is 55.6 Å². The van der Waals surface area contributed by atoms with Crippen LogP contribution >= 0.6 is 0 Å². The normalized spacial score (nSPS) is 10.9. The van der Waals surface area contributed by atoms with Gasteiger partial charge in [0.1, 0.15) is 11.5 Å². The maximum absolute atomic E-state index is 4.30. The molecule has 2 heterocycles. The highest BCUT2D eigenvalue weighted by Crippen LogP contribution is 2.19. The Morgan fingerprint density at radius 2 is 2.06 bits per heavy atom. The molecule has 0 aliphatic heterocycles. The highest BCUT2D eigenvalue weighted by Gasteiger charge is 2.09. The predicted octanol–water partition coefficient (Wildman–Crippen LogP) is 2.74. The van der Waals surface area contributed by atoms with E-state index in [-0.39, 0.29) is 0 Å². The first-order chi connectivity index (χ1) is 8.72. The number of nitrogens with zero attached hydrogens (tertiary/aromatic N) is 4. The Morgan fingerprint density at radius 3 is 2.67 bits per heavy atom. The Labute approximate surface area is 107 Å². The molecule has 0 radical (unpaired) electrons. The predicted molar refractivity (Wildman–Crippen MR) is 72.4 cm³/mol. The van der Waals surface area contributed by atoms with Crippen LogP contribution in [-0.4, -0.2) is 26.5 Å². The van der Waals surface area contributed by atoms with Crippen LogP contribution in [0.15, 0.2) is 24.4 Å². The van der Waals surface area contributed by atoms with Crippen molar-refractivity contribution in [1.29, 1.82) is 0 Å². The number of rotatable bonds is 5. The molecule has 18 heavy (non-hydrogen) atoms. The molecule has 0 aliphatic carbocycles. The molecule has 0 aliphatic rings. The van der Waals surface area contributed by atoms with Gasteiger partial charge in [0.05, 0.1) is 5.69 Å². The van der Waals surface area contributed by atoms with Gasteiger partial charge in [-0.25, -0.2) is 0 Å². The summed E-state index contributed by atoms with van der Waals surface area (Å²) in [7, 11) is 0. The summed E-state index contributed by atoms with van der Waals surface area (Å²) in [5.41, 5.74) is 1.85. The molecule has 0 aromatic carbocycles. The van der Waals surface area contributed by atoms with Crippen LogP contribution in [0, 0.1) is 0 Å². The minimum Gasteiger partial charge on any atom is -0.369 e. The van der Waals surface area contributed by atoms with Crippen LogP contribution in [0.3, 0.4) is 0 Å². The fourth-order valence-electron chi connectivity index (χ4n) is 1.74. The van der Waals surface area contributed by atoms with Gasteiger partial charge in [0.15, 0.2) is 0 Å². The van der Waals surface area contributed by atoms with Crippen molar-refractivity contribution in [2.75, 3.05) is 11.9 Å². The molecular formula is C13H19N5. The van der Waals surface area contributed by atoms with E-state index < -0.39 is 0 Å². The summed E-state index contributed by atoms with van der Waals surface area (Å²) in [5, 5.41) is 15.9. The minimum absolute atomic E-state index is 0.315. The molecule has 2 rings (SSSR count). The van der Waals surface area contributed by atoms with E-state index in [9.17, 15) is 0 Å². The molecule has 96 valence electrons. The molecule has 5 heteroatoms. The van der Waals surface area contributed by atoms with Crippen molar-refractivity contribution in [2.24, 2.45) is 0 Å². The summed E-state index contributed by atoms with van der Waals surface area (Å²) in [4.78, 5) is 0. The molecule has 0 spiro atoms. The molecule has 2 aromatic rings. The Balaban J connectivity index is 2.21. The number of nitrogens with one attached hydrogen (secondary N) is 1. The van der Waals surface area contributed by atoms with Crippen molar-refractivity contribution in [3.05, 3.63) is 24.4 Å². The fourth-order valence-corrected chi connectivity index (χ4v) is 1.74. The van der Waals surface area contributed by atoms with Crippen molar-refractivity contribution in [1.82, 2.24) is 20.0 Å². The fraction of sp³-hybridized carbons (Fsp3) is 0.462. The van der Waals surface area contributed by atoms with Gasteiger partial charge in [-0.05, 0) is 38.5 Å². The van der Waals surface area contributed by atoms with Crippen LogP contribution < -0.4 is 5.32 Å². The van der Waals surface area contributed by atoms with Gasteiger partial charge in [0.2, 0.25) is 0 Å². The molecule has 0 unspecified atom stereocenters. The third-order valence-electron chi connectivity index (χ3n) is 2.64. The largest absolute Gasteiger partial charge is 0.369 e. The van der Waals surface area contributed by atoms with E-state index in [4.69, 9.17) is 0 Å². The quantitative estimate of drug-likeness (QED) is 0.880. The van der Waals surface area contributed by atoms with Crippen LogP contribution in [0.25, 0.3) is 11.4 Å². The Kier molecular flexibility index (Phi) is 3.92. The minimum atomic E-state index is 0.315. The average molecular weight is 245 g/mol. The van der Waals surface area contributed by atoms with Crippen LogP contribution in [-0.2, 0) is 0 Å². The molecule has 5 nitrogen and oxygen atoms in total. The van der Waals surface area contributed by atoms with Gasteiger partial charge >= 0.3 is 0 Å². The standard InChI is InChI=1S/C13H19N5/c1-4-8-14-13-6-5-11(16-17-13)12-7-9-15-18(12)10(2)3/h5-7,9-10H,4,8H2,1-3H3,(H,14,17). The molecule has 0 fully saturated rings. The van der Waals surface area contributed by atoms with Crippen LogP contribution in [0.2, 0.25) is 0 Å². The summed E-state index contributed by atoms with van der Waals surface area (Å²) >= 11 is 0. The number of aromatic nitrogens is 4. The number of anilines is 1. The Hall–Kier alpha value is -1.91. The summed E-state index contributed by atoms with van der Waals surface area (Å²) in [6.07, 6.45) is 2.86. The highest BCUT2D eigenvalue weighted by atomic mass is 15.3. The van der Waals surface area contributed by atoms with Crippen molar-refractivity contribution < 1.29 is 0 Å². The Bertz CT molecular complexity index is 486. The van der Waals surface area contributed by atoms with E-state index >= 15 is 0 Å². The van der Waals surface area contributed by atoms with Gasteiger partial charge in [-0.3, -0.25) is 4.68 Å². The van der Waals surface area contributed by atoms with Gasteiger partial charge in [-0.1, -0.05) is 6.92 Å².